The first-order valence-electron chi connectivity index (χ1n) is 5.25. The van der Waals surface area contributed by atoms with Crippen molar-refractivity contribution in [2.45, 2.75) is 22.4 Å². The lowest BCUT2D eigenvalue weighted by molar-refractivity contribution is -0.137. The van der Waals surface area contributed by atoms with Gasteiger partial charge in [-0.25, -0.2) is 4.79 Å². The van der Waals surface area contributed by atoms with E-state index in [2.05, 4.69) is 28.1 Å². The molecular weight excluding hydrogens is 324 g/mol. The Bertz CT molecular complexity index is 357. The molecule has 1 aromatic carbocycles. The van der Waals surface area contributed by atoms with Crippen molar-refractivity contribution < 1.29 is 9.90 Å². The van der Waals surface area contributed by atoms with Crippen molar-refractivity contribution in [2.24, 2.45) is 0 Å². The van der Waals surface area contributed by atoms with Crippen LogP contribution in [0.25, 0.3) is 0 Å². The third kappa shape index (κ3) is 5.80. The average molecular weight is 338 g/mol. The number of thioether (sulfide) groups is 1. The van der Waals surface area contributed by atoms with E-state index in [9.17, 15) is 4.79 Å². The van der Waals surface area contributed by atoms with Crippen molar-refractivity contribution in [3.63, 3.8) is 0 Å². The zero-order valence-electron chi connectivity index (χ0n) is 9.23. The zero-order chi connectivity index (χ0) is 12.7. The number of carboxylic acids is 1. The third-order valence-electron chi connectivity index (χ3n) is 2.20. The number of rotatable bonds is 7. The summed E-state index contributed by atoms with van der Waals surface area (Å²) in [6.45, 7) is 0. The summed E-state index contributed by atoms with van der Waals surface area (Å²) in [4.78, 5) is 10.7. The van der Waals surface area contributed by atoms with Gasteiger partial charge in [0.2, 0.25) is 0 Å². The molecule has 94 valence electrons. The van der Waals surface area contributed by atoms with E-state index in [0.717, 1.165) is 17.9 Å². The fraction of sp³-hybridized carbons (Fsp3) is 0.417. The summed E-state index contributed by atoms with van der Waals surface area (Å²) in [7, 11) is 0. The quantitative estimate of drug-likeness (QED) is 0.601. The minimum absolute atomic E-state index is 0.422. The van der Waals surface area contributed by atoms with E-state index >= 15 is 0 Å². The fourth-order valence-corrected chi connectivity index (χ4v) is 2.60. The number of carboxylic acid groups (broad SMARTS) is 1. The molecule has 0 heterocycles. The van der Waals surface area contributed by atoms with E-state index in [1.807, 2.05) is 18.2 Å². The molecule has 0 aliphatic rings. The number of aliphatic carboxylic acids is 1. The van der Waals surface area contributed by atoms with Crippen LogP contribution < -0.4 is 0 Å². The summed E-state index contributed by atoms with van der Waals surface area (Å²) in [5, 5.41) is 8.79. The van der Waals surface area contributed by atoms with Crippen LogP contribution in [0, 0.1) is 0 Å². The number of alkyl halides is 2. The lowest BCUT2D eigenvalue weighted by Gasteiger charge is -2.13. The van der Waals surface area contributed by atoms with E-state index < -0.39 is 9.75 Å². The molecule has 0 aliphatic carbocycles. The fourth-order valence-electron chi connectivity index (χ4n) is 1.27. The second-order valence-corrected chi connectivity index (χ2v) is 7.21. The van der Waals surface area contributed by atoms with Crippen LogP contribution in [0.15, 0.2) is 30.3 Å². The Kier molecular flexibility index (Phi) is 6.38. The normalized spacial score (nSPS) is 14.2. The van der Waals surface area contributed by atoms with E-state index in [1.165, 1.54) is 5.56 Å². The minimum Gasteiger partial charge on any atom is -0.479 e. The van der Waals surface area contributed by atoms with Crippen LogP contribution in [0.1, 0.15) is 18.4 Å². The highest BCUT2D eigenvalue weighted by Gasteiger charge is 2.31. The lowest BCUT2D eigenvalue weighted by atomic mass is 10.2. The topological polar surface area (TPSA) is 37.3 Å². The van der Waals surface area contributed by atoms with Gasteiger partial charge in [0.25, 0.3) is 0 Å². The van der Waals surface area contributed by atoms with Crippen LogP contribution in [0.4, 0.5) is 0 Å². The molecule has 0 fully saturated rings. The van der Waals surface area contributed by atoms with Gasteiger partial charge in [0.1, 0.15) is 0 Å². The molecule has 17 heavy (non-hydrogen) atoms. The summed E-state index contributed by atoms with van der Waals surface area (Å²) in [6.07, 6.45) is 1.20. The van der Waals surface area contributed by atoms with Crippen molar-refractivity contribution in [3.05, 3.63) is 35.9 Å². The van der Waals surface area contributed by atoms with Gasteiger partial charge in [-0.2, -0.15) is 11.8 Å². The smallest absolute Gasteiger partial charge is 0.335 e. The van der Waals surface area contributed by atoms with Crippen molar-refractivity contribution in [3.8, 4) is 0 Å². The van der Waals surface area contributed by atoms with Gasteiger partial charge >= 0.3 is 5.97 Å². The van der Waals surface area contributed by atoms with Gasteiger partial charge in [-0.3, -0.25) is 0 Å². The Morgan fingerprint density at radius 3 is 2.65 bits per heavy atom. The molecule has 2 nitrogen and oxygen atoms in total. The SMILES string of the molecule is O=C(O)C(Cl)(Br)CCCSCc1ccccc1. The molecule has 0 aliphatic heterocycles. The maximum absolute atomic E-state index is 10.7. The molecule has 1 atom stereocenters. The molecule has 1 rings (SSSR count). The van der Waals surface area contributed by atoms with Crippen molar-refractivity contribution in [1.82, 2.24) is 0 Å². The van der Waals surface area contributed by atoms with Crippen LogP contribution in [0.2, 0.25) is 0 Å². The Hall–Kier alpha value is -0.190. The van der Waals surface area contributed by atoms with Gasteiger partial charge in [0.15, 0.2) is 3.78 Å². The van der Waals surface area contributed by atoms with Crippen molar-refractivity contribution in [2.75, 3.05) is 5.75 Å². The number of hydrogen-bond donors (Lipinski definition) is 1. The maximum atomic E-state index is 10.7. The standard InChI is InChI=1S/C12H14BrClO2S/c13-12(14,11(15)16)7-4-8-17-9-10-5-2-1-3-6-10/h1-3,5-6H,4,7-9H2,(H,15,16). The Morgan fingerprint density at radius 1 is 1.41 bits per heavy atom. The Morgan fingerprint density at radius 2 is 2.06 bits per heavy atom. The van der Waals surface area contributed by atoms with E-state index in [0.29, 0.717) is 6.42 Å². The van der Waals surface area contributed by atoms with E-state index in [-0.39, 0.29) is 0 Å². The summed E-state index contributed by atoms with van der Waals surface area (Å²) >= 11 is 10.6. The Balaban J connectivity index is 2.15. The van der Waals surface area contributed by atoms with Gasteiger partial charge in [-0.05, 0) is 24.2 Å². The molecule has 1 N–H and O–H groups in total. The van der Waals surface area contributed by atoms with E-state index in [1.54, 1.807) is 11.8 Å². The molecule has 0 radical (unpaired) electrons. The monoisotopic (exact) mass is 336 g/mol. The second kappa shape index (κ2) is 7.29. The van der Waals surface area contributed by atoms with E-state index in [4.69, 9.17) is 16.7 Å². The number of benzene rings is 1. The second-order valence-electron chi connectivity index (χ2n) is 3.65. The predicted molar refractivity (Wildman–Crippen MR) is 77.0 cm³/mol. The van der Waals surface area contributed by atoms with Crippen molar-refractivity contribution >= 4 is 45.3 Å². The molecule has 1 aromatic rings. The van der Waals surface area contributed by atoms with Gasteiger partial charge in [0, 0.05) is 5.75 Å². The van der Waals surface area contributed by atoms with Gasteiger partial charge in [-0.15, -0.1) is 0 Å². The molecule has 0 aromatic heterocycles. The highest BCUT2D eigenvalue weighted by Crippen LogP contribution is 2.30. The van der Waals surface area contributed by atoms with Crippen LogP contribution in [0.5, 0.6) is 0 Å². The number of halogens is 2. The maximum Gasteiger partial charge on any atom is 0.335 e. The minimum atomic E-state index is -1.31. The largest absolute Gasteiger partial charge is 0.479 e. The molecular formula is C12H14BrClO2S. The molecule has 1 unspecified atom stereocenters. The predicted octanol–water partition coefficient (Wildman–Crippen LogP) is 4.11. The number of hydrogen-bond acceptors (Lipinski definition) is 2. The first-order valence-corrected chi connectivity index (χ1v) is 7.58. The molecule has 5 heteroatoms. The van der Waals surface area contributed by atoms with Gasteiger partial charge in [0.05, 0.1) is 0 Å². The zero-order valence-corrected chi connectivity index (χ0v) is 12.4. The molecule has 0 amide bonds. The summed E-state index contributed by atoms with van der Waals surface area (Å²) < 4.78 is -1.31. The highest BCUT2D eigenvalue weighted by atomic mass is 79.9. The Labute approximate surface area is 119 Å². The van der Waals surface area contributed by atoms with Crippen LogP contribution in [-0.4, -0.2) is 20.6 Å². The summed E-state index contributed by atoms with van der Waals surface area (Å²) in [6, 6.07) is 10.2. The van der Waals surface area contributed by atoms with Gasteiger partial charge < -0.3 is 5.11 Å². The summed E-state index contributed by atoms with van der Waals surface area (Å²) in [5.74, 6) is 0.834. The average Bonchev–Trinajstić information content (AvgIpc) is 2.29. The number of carbonyl (C=O) groups is 1. The molecule has 0 spiro atoms. The molecule has 0 bridgehead atoms. The first-order chi connectivity index (χ1) is 8.02. The van der Waals surface area contributed by atoms with Crippen LogP contribution in [0.3, 0.4) is 0 Å². The van der Waals surface area contributed by atoms with Crippen LogP contribution >= 0.6 is 39.3 Å². The van der Waals surface area contributed by atoms with Crippen LogP contribution in [-0.2, 0) is 10.5 Å². The molecule has 0 saturated heterocycles. The molecule has 0 saturated carbocycles. The highest BCUT2D eigenvalue weighted by molar-refractivity contribution is 9.10. The lowest BCUT2D eigenvalue weighted by Crippen LogP contribution is -2.24. The van der Waals surface area contributed by atoms with Gasteiger partial charge in [-0.1, -0.05) is 57.9 Å². The third-order valence-corrected chi connectivity index (χ3v) is 4.41. The van der Waals surface area contributed by atoms with Crippen molar-refractivity contribution in [1.29, 1.82) is 0 Å². The summed E-state index contributed by atoms with van der Waals surface area (Å²) in [5.41, 5.74) is 1.28. The first kappa shape index (κ1) is 14.9.